The molecule has 0 bridgehead atoms. The van der Waals surface area contributed by atoms with E-state index in [1.807, 2.05) is 0 Å². The van der Waals surface area contributed by atoms with Crippen LogP contribution in [0.3, 0.4) is 0 Å². The molecular formula is C36H60N10O12. The largest absolute Gasteiger partial charge is 0.480 e. The second kappa shape index (κ2) is 22.5. The van der Waals surface area contributed by atoms with Crippen LogP contribution in [0.4, 0.5) is 0 Å². The third-order valence-electron chi connectivity index (χ3n) is 10.3. The first-order chi connectivity index (χ1) is 27.1. The molecule has 22 heteroatoms. The van der Waals surface area contributed by atoms with Crippen LogP contribution in [-0.4, -0.2) is 147 Å². The van der Waals surface area contributed by atoms with Crippen molar-refractivity contribution in [3.8, 4) is 0 Å². The molecular weight excluding hydrogens is 764 g/mol. The zero-order valence-electron chi connectivity index (χ0n) is 33.7. The molecule has 2 heterocycles. The third-order valence-corrected chi connectivity index (χ3v) is 10.3. The molecule has 0 aliphatic carbocycles. The van der Waals surface area contributed by atoms with Crippen LogP contribution in [0.15, 0.2) is 0 Å². The molecule has 22 nitrogen and oxygen atoms in total. The Morgan fingerprint density at radius 1 is 0.690 bits per heavy atom. The smallest absolute Gasteiger partial charge is 0.326 e. The SMILES string of the molecule is CC[C@@H](C)[C@@H](NC(=O)[C@@H](CO)NC(=O)[C@H](NC(=O)[C@H]1CCCN1C(=O)[C@@H](C)NC(=O)[C@H](N)CC(N)=O)C(C)C)C(=O)N1CCC[C@@H]1C(=O)N[C@H](CCC(N)=O)C(=O)O. The van der Waals surface area contributed by atoms with Crippen molar-refractivity contribution in [2.75, 3.05) is 19.7 Å². The summed E-state index contributed by atoms with van der Waals surface area (Å²) < 4.78 is 0. The number of carbonyl (C=O) groups is 10. The summed E-state index contributed by atoms with van der Waals surface area (Å²) in [6.45, 7) is 7.49. The number of nitrogens with one attached hydrogen (secondary N) is 5. The molecule has 0 aromatic carbocycles. The maximum atomic E-state index is 13.9. The summed E-state index contributed by atoms with van der Waals surface area (Å²) >= 11 is 0. The van der Waals surface area contributed by atoms with Crippen molar-refractivity contribution in [1.82, 2.24) is 36.4 Å². The van der Waals surface area contributed by atoms with Gasteiger partial charge in [0.2, 0.25) is 53.2 Å². The molecule has 326 valence electrons. The molecule has 0 saturated carbocycles. The predicted octanol–water partition coefficient (Wildman–Crippen LogP) is -4.34. The monoisotopic (exact) mass is 824 g/mol. The molecule has 2 rings (SSSR count). The van der Waals surface area contributed by atoms with Gasteiger partial charge in [-0.3, -0.25) is 43.2 Å². The fourth-order valence-electron chi connectivity index (χ4n) is 6.71. The van der Waals surface area contributed by atoms with Crippen LogP contribution in [0.25, 0.3) is 0 Å². The highest BCUT2D eigenvalue weighted by atomic mass is 16.4. The van der Waals surface area contributed by atoms with E-state index in [1.165, 1.54) is 16.7 Å². The first-order valence-corrected chi connectivity index (χ1v) is 19.4. The van der Waals surface area contributed by atoms with E-state index in [0.29, 0.717) is 19.3 Å². The maximum Gasteiger partial charge on any atom is 0.326 e. The Balaban J connectivity index is 2.15. The van der Waals surface area contributed by atoms with Crippen molar-refractivity contribution >= 4 is 59.1 Å². The first kappa shape index (κ1) is 48.8. The second-order valence-corrected chi connectivity index (χ2v) is 15.1. The Labute approximate surface area is 336 Å². The zero-order valence-corrected chi connectivity index (χ0v) is 33.7. The lowest BCUT2D eigenvalue weighted by molar-refractivity contribution is -0.145. The number of nitrogens with zero attached hydrogens (tertiary/aromatic N) is 2. The first-order valence-electron chi connectivity index (χ1n) is 19.4. The summed E-state index contributed by atoms with van der Waals surface area (Å²) in [7, 11) is 0. The van der Waals surface area contributed by atoms with Crippen LogP contribution in [0.5, 0.6) is 0 Å². The number of aliphatic carboxylic acids is 1. The van der Waals surface area contributed by atoms with E-state index in [9.17, 15) is 58.2 Å². The minimum absolute atomic E-state index is 0.122. The van der Waals surface area contributed by atoms with Gasteiger partial charge in [0.1, 0.15) is 42.3 Å². The number of aliphatic hydroxyl groups excluding tert-OH is 1. The highest BCUT2D eigenvalue weighted by Gasteiger charge is 2.42. The van der Waals surface area contributed by atoms with Gasteiger partial charge in [-0.25, -0.2) is 4.79 Å². The topological polar surface area (TPSA) is 356 Å². The van der Waals surface area contributed by atoms with E-state index in [-0.39, 0.29) is 38.8 Å². The molecule has 2 aliphatic rings. The summed E-state index contributed by atoms with van der Waals surface area (Å²) in [4.78, 5) is 130. The minimum atomic E-state index is -1.58. The number of hydrogen-bond donors (Lipinski definition) is 10. The lowest BCUT2D eigenvalue weighted by Gasteiger charge is -2.33. The van der Waals surface area contributed by atoms with Gasteiger partial charge < -0.3 is 63.8 Å². The second-order valence-electron chi connectivity index (χ2n) is 15.1. The summed E-state index contributed by atoms with van der Waals surface area (Å²) in [5.74, 6) is -9.23. The Morgan fingerprint density at radius 2 is 1.24 bits per heavy atom. The van der Waals surface area contributed by atoms with Crippen LogP contribution in [0.2, 0.25) is 0 Å². The number of amides is 9. The van der Waals surface area contributed by atoms with Crippen LogP contribution in [0, 0.1) is 11.8 Å². The molecule has 13 N–H and O–H groups in total. The van der Waals surface area contributed by atoms with Crippen molar-refractivity contribution in [1.29, 1.82) is 0 Å². The summed E-state index contributed by atoms with van der Waals surface area (Å²) in [5.41, 5.74) is 15.9. The fraction of sp³-hybridized carbons (Fsp3) is 0.722. The molecule has 0 radical (unpaired) electrons. The number of aliphatic hydroxyl groups is 1. The molecule has 2 saturated heterocycles. The highest BCUT2D eigenvalue weighted by molar-refractivity contribution is 5.98. The average Bonchev–Trinajstić information content (AvgIpc) is 3.86. The van der Waals surface area contributed by atoms with Gasteiger partial charge in [-0.15, -0.1) is 0 Å². The van der Waals surface area contributed by atoms with E-state index in [4.69, 9.17) is 17.2 Å². The third kappa shape index (κ3) is 13.6. The number of hydrogen-bond acceptors (Lipinski definition) is 12. The summed E-state index contributed by atoms with van der Waals surface area (Å²) in [6.07, 6.45) is 0.695. The van der Waals surface area contributed by atoms with E-state index in [2.05, 4.69) is 26.6 Å². The van der Waals surface area contributed by atoms with Gasteiger partial charge in [0.15, 0.2) is 0 Å². The molecule has 9 amide bonds. The molecule has 0 aromatic heterocycles. The quantitative estimate of drug-likeness (QED) is 0.0494. The molecule has 0 aromatic rings. The fourth-order valence-corrected chi connectivity index (χ4v) is 6.71. The standard InChI is InChI=1S/C36H60N10O12/c1-6-18(4)28(35(56)46-14-8-9-23(46)31(52)41-21(36(57)58)11-12-25(38)48)44-30(51)22(16-47)42-33(54)27(17(2)3)43-32(53)24-10-7-13-45(24)34(55)19(5)40-29(50)20(37)15-26(39)49/h17-24,27-28,47H,6-16,37H2,1-5H3,(H2,38,48)(H2,39,49)(H,40,50)(H,41,52)(H,42,54)(H,43,53)(H,44,51)(H,57,58)/t18-,19-,20-,21-,22-,23-,24-,27-,28-/m1/s1. The van der Waals surface area contributed by atoms with Crippen LogP contribution >= 0.6 is 0 Å². The van der Waals surface area contributed by atoms with Gasteiger partial charge in [-0.2, -0.15) is 0 Å². The van der Waals surface area contributed by atoms with E-state index >= 15 is 0 Å². The molecule has 2 aliphatic heterocycles. The Bertz CT molecular complexity index is 1560. The van der Waals surface area contributed by atoms with E-state index in [0.717, 1.165) is 0 Å². The number of carboxylic acid groups (broad SMARTS) is 1. The molecule has 58 heavy (non-hydrogen) atoms. The highest BCUT2D eigenvalue weighted by Crippen LogP contribution is 2.23. The van der Waals surface area contributed by atoms with Crippen LogP contribution in [-0.2, 0) is 47.9 Å². The normalized spacial score (nSPS) is 20.1. The van der Waals surface area contributed by atoms with Gasteiger partial charge in [-0.1, -0.05) is 34.1 Å². The Kier molecular flexibility index (Phi) is 18.9. The minimum Gasteiger partial charge on any atom is -0.480 e. The van der Waals surface area contributed by atoms with Gasteiger partial charge in [-0.05, 0) is 50.9 Å². The average molecular weight is 825 g/mol. The Morgan fingerprint density at radius 3 is 1.72 bits per heavy atom. The van der Waals surface area contributed by atoms with Crippen molar-refractivity contribution in [3.63, 3.8) is 0 Å². The predicted molar refractivity (Wildman–Crippen MR) is 204 cm³/mol. The number of carboxylic acids is 1. The number of likely N-dealkylation sites (tertiary alicyclic amines) is 2. The number of primary amides is 2. The van der Waals surface area contributed by atoms with Crippen molar-refractivity contribution in [3.05, 3.63) is 0 Å². The van der Waals surface area contributed by atoms with E-state index in [1.54, 1.807) is 27.7 Å². The molecule has 0 spiro atoms. The van der Waals surface area contributed by atoms with Gasteiger partial charge in [0.05, 0.1) is 19.1 Å². The number of carbonyl (C=O) groups excluding carboxylic acids is 9. The van der Waals surface area contributed by atoms with Crippen LogP contribution < -0.4 is 43.8 Å². The van der Waals surface area contributed by atoms with Gasteiger partial charge >= 0.3 is 5.97 Å². The summed E-state index contributed by atoms with van der Waals surface area (Å²) in [5, 5.41) is 32.2. The molecule has 2 fully saturated rings. The van der Waals surface area contributed by atoms with Gasteiger partial charge in [0, 0.05) is 19.5 Å². The lowest BCUT2D eigenvalue weighted by Crippen LogP contribution is -2.62. The number of nitrogens with two attached hydrogens (primary N) is 3. The van der Waals surface area contributed by atoms with Crippen LogP contribution in [0.1, 0.15) is 86.0 Å². The van der Waals surface area contributed by atoms with E-state index < -0.39 is 132 Å². The summed E-state index contributed by atoms with van der Waals surface area (Å²) in [6, 6.07) is -9.96. The molecule has 0 unspecified atom stereocenters. The van der Waals surface area contributed by atoms with Crippen molar-refractivity contribution in [2.45, 2.75) is 134 Å². The van der Waals surface area contributed by atoms with Crippen molar-refractivity contribution in [2.24, 2.45) is 29.0 Å². The lowest BCUT2D eigenvalue weighted by atomic mass is 9.96. The van der Waals surface area contributed by atoms with Crippen molar-refractivity contribution < 1.29 is 58.2 Å². The maximum absolute atomic E-state index is 13.9. The Hall–Kier alpha value is -5.38. The number of rotatable bonds is 22. The van der Waals surface area contributed by atoms with Gasteiger partial charge in [0.25, 0.3) is 0 Å². The zero-order chi connectivity index (χ0) is 44.0. The molecule has 9 atom stereocenters.